The summed E-state index contributed by atoms with van der Waals surface area (Å²) in [6.07, 6.45) is 6.01. The summed E-state index contributed by atoms with van der Waals surface area (Å²) < 4.78 is 5.21. The fourth-order valence-corrected chi connectivity index (χ4v) is 2.31. The van der Waals surface area contributed by atoms with Crippen molar-refractivity contribution in [3.63, 3.8) is 0 Å². The predicted molar refractivity (Wildman–Crippen MR) is 65.7 cm³/mol. The second kappa shape index (κ2) is 5.95. The van der Waals surface area contributed by atoms with Gasteiger partial charge in [0.05, 0.1) is 6.54 Å². The van der Waals surface area contributed by atoms with E-state index in [1.54, 1.807) is 0 Å². The minimum Gasteiger partial charge on any atom is -0.343 e. The largest absolute Gasteiger partial charge is 0.343 e. The van der Waals surface area contributed by atoms with Crippen LogP contribution >= 0.6 is 0 Å². The summed E-state index contributed by atoms with van der Waals surface area (Å²) in [5.74, 6) is 1.42. The third-order valence-corrected chi connectivity index (χ3v) is 3.36. The van der Waals surface area contributed by atoms with Crippen molar-refractivity contribution < 1.29 is 9.32 Å². The Morgan fingerprint density at radius 3 is 2.89 bits per heavy atom. The highest BCUT2D eigenvalue weighted by molar-refractivity contribution is 5.78. The molecule has 6 nitrogen and oxygen atoms in total. The minimum absolute atomic E-state index is 0.0338. The van der Waals surface area contributed by atoms with Crippen molar-refractivity contribution in [2.45, 2.75) is 51.0 Å². The number of rotatable bonds is 4. The molecule has 1 saturated carbocycles. The van der Waals surface area contributed by atoms with E-state index in [0.717, 1.165) is 18.7 Å². The molecule has 1 amide bonds. The molecule has 18 heavy (non-hydrogen) atoms. The number of aromatic nitrogens is 2. The molecule has 0 radical (unpaired) electrons. The molecule has 6 heteroatoms. The van der Waals surface area contributed by atoms with E-state index in [-0.39, 0.29) is 18.5 Å². The van der Waals surface area contributed by atoms with Gasteiger partial charge >= 0.3 is 0 Å². The minimum atomic E-state index is -0.286. The molecule has 0 spiro atoms. The van der Waals surface area contributed by atoms with Crippen molar-refractivity contribution in [2.75, 3.05) is 6.54 Å². The lowest BCUT2D eigenvalue weighted by Gasteiger charge is -2.17. The number of carbonyl (C=O) groups excluding carboxylic acids is 1. The van der Waals surface area contributed by atoms with Crippen LogP contribution in [0, 0.1) is 0 Å². The van der Waals surface area contributed by atoms with Crippen LogP contribution in [-0.4, -0.2) is 22.6 Å². The van der Waals surface area contributed by atoms with Crippen molar-refractivity contribution in [2.24, 2.45) is 5.73 Å². The van der Waals surface area contributed by atoms with Gasteiger partial charge in [-0.1, -0.05) is 24.4 Å². The number of amides is 1. The summed E-state index contributed by atoms with van der Waals surface area (Å²) in [5.41, 5.74) is 5.24. The summed E-state index contributed by atoms with van der Waals surface area (Å²) in [6.45, 7) is 1.78. The van der Waals surface area contributed by atoms with Gasteiger partial charge in [0.2, 0.25) is 11.8 Å². The number of nitrogens with two attached hydrogens (primary N) is 1. The molecule has 0 aromatic carbocycles. The van der Waals surface area contributed by atoms with Crippen molar-refractivity contribution in [1.82, 2.24) is 15.5 Å². The fraction of sp³-hybridized carbons (Fsp3) is 0.750. The van der Waals surface area contributed by atoms with Gasteiger partial charge in [-0.15, -0.1) is 0 Å². The number of hydrogen-bond acceptors (Lipinski definition) is 5. The maximum atomic E-state index is 11.2. The average molecular weight is 252 g/mol. The predicted octanol–water partition coefficient (Wildman–Crippen LogP) is 1.25. The highest BCUT2D eigenvalue weighted by atomic mass is 16.5. The Morgan fingerprint density at radius 1 is 1.50 bits per heavy atom. The topological polar surface area (TPSA) is 94.0 Å². The van der Waals surface area contributed by atoms with Gasteiger partial charge in [0.15, 0.2) is 5.82 Å². The highest BCUT2D eigenvalue weighted by Gasteiger charge is 2.23. The molecule has 1 aromatic heterocycles. The standard InChI is InChI=1S/C12H20N4O2/c1-8(14-10(17)7-13)12-15-11(16-18-12)9-5-3-2-4-6-9/h8-9H,2-7,13H2,1H3,(H,14,17). The fourth-order valence-electron chi connectivity index (χ4n) is 2.31. The van der Waals surface area contributed by atoms with Gasteiger partial charge in [-0.05, 0) is 19.8 Å². The number of nitrogens with one attached hydrogen (secondary N) is 1. The summed E-state index contributed by atoms with van der Waals surface area (Å²) in [4.78, 5) is 15.6. The Balaban J connectivity index is 1.98. The van der Waals surface area contributed by atoms with Crippen LogP contribution in [0.4, 0.5) is 0 Å². The molecular formula is C12H20N4O2. The zero-order valence-electron chi connectivity index (χ0n) is 10.7. The number of hydrogen-bond donors (Lipinski definition) is 2. The van der Waals surface area contributed by atoms with Crippen molar-refractivity contribution in [1.29, 1.82) is 0 Å². The van der Waals surface area contributed by atoms with Crippen LogP contribution < -0.4 is 11.1 Å². The van der Waals surface area contributed by atoms with E-state index in [2.05, 4.69) is 15.5 Å². The van der Waals surface area contributed by atoms with Crippen LogP contribution in [0.3, 0.4) is 0 Å². The number of carbonyl (C=O) groups is 1. The monoisotopic (exact) mass is 252 g/mol. The molecule has 1 aromatic rings. The average Bonchev–Trinajstić information content (AvgIpc) is 2.89. The molecule has 1 fully saturated rings. The molecule has 100 valence electrons. The van der Waals surface area contributed by atoms with Crippen molar-refractivity contribution in [3.05, 3.63) is 11.7 Å². The second-order valence-electron chi connectivity index (χ2n) is 4.82. The lowest BCUT2D eigenvalue weighted by atomic mass is 9.89. The quantitative estimate of drug-likeness (QED) is 0.841. The first-order chi connectivity index (χ1) is 8.70. The first kappa shape index (κ1) is 13.0. The van der Waals surface area contributed by atoms with E-state index in [9.17, 15) is 4.79 Å². The SMILES string of the molecule is CC(NC(=O)CN)c1nc(C2CCCCC2)no1. The first-order valence-electron chi connectivity index (χ1n) is 6.53. The molecule has 3 N–H and O–H groups in total. The van der Waals surface area contributed by atoms with E-state index in [0.29, 0.717) is 11.8 Å². The van der Waals surface area contributed by atoms with Gasteiger partial charge in [-0.25, -0.2) is 0 Å². The van der Waals surface area contributed by atoms with E-state index >= 15 is 0 Å². The molecule has 2 rings (SSSR count). The Hall–Kier alpha value is -1.43. The molecule has 1 aliphatic rings. The van der Waals surface area contributed by atoms with E-state index < -0.39 is 0 Å². The van der Waals surface area contributed by atoms with Gasteiger partial charge in [0.1, 0.15) is 6.04 Å². The van der Waals surface area contributed by atoms with Crippen LogP contribution in [0.2, 0.25) is 0 Å². The summed E-state index contributed by atoms with van der Waals surface area (Å²) >= 11 is 0. The second-order valence-corrected chi connectivity index (χ2v) is 4.82. The normalized spacial score (nSPS) is 18.6. The van der Waals surface area contributed by atoms with Crippen LogP contribution in [-0.2, 0) is 4.79 Å². The van der Waals surface area contributed by atoms with Gasteiger partial charge in [-0.2, -0.15) is 4.98 Å². The molecule has 0 bridgehead atoms. The third kappa shape index (κ3) is 3.07. The summed E-state index contributed by atoms with van der Waals surface area (Å²) in [7, 11) is 0. The Morgan fingerprint density at radius 2 is 2.22 bits per heavy atom. The lowest BCUT2D eigenvalue weighted by Crippen LogP contribution is -2.32. The smallest absolute Gasteiger partial charge is 0.248 e. The van der Waals surface area contributed by atoms with Gasteiger partial charge in [0.25, 0.3) is 0 Å². The Kier molecular flexibility index (Phi) is 4.30. The Labute approximate surface area is 106 Å². The maximum absolute atomic E-state index is 11.2. The molecule has 0 saturated heterocycles. The van der Waals surface area contributed by atoms with Crippen LogP contribution in [0.5, 0.6) is 0 Å². The van der Waals surface area contributed by atoms with Crippen molar-refractivity contribution in [3.8, 4) is 0 Å². The van der Waals surface area contributed by atoms with Crippen LogP contribution in [0.1, 0.15) is 62.7 Å². The van der Waals surface area contributed by atoms with E-state index in [1.165, 1.54) is 19.3 Å². The number of nitrogens with zero attached hydrogens (tertiary/aromatic N) is 2. The van der Waals surface area contributed by atoms with Gasteiger partial charge < -0.3 is 15.6 Å². The highest BCUT2D eigenvalue weighted by Crippen LogP contribution is 2.31. The molecule has 0 aliphatic heterocycles. The van der Waals surface area contributed by atoms with Crippen LogP contribution in [0.15, 0.2) is 4.52 Å². The Bertz CT molecular complexity index is 399. The van der Waals surface area contributed by atoms with Gasteiger partial charge in [-0.3, -0.25) is 4.79 Å². The van der Waals surface area contributed by atoms with Gasteiger partial charge in [0, 0.05) is 5.92 Å². The third-order valence-electron chi connectivity index (χ3n) is 3.36. The summed E-state index contributed by atoms with van der Waals surface area (Å²) in [5, 5.41) is 6.73. The zero-order valence-corrected chi connectivity index (χ0v) is 10.7. The molecule has 1 aliphatic carbocycles. The molecule has 1 atom stereocenters. The first-order valence-corrected chi connectivity index (χ1v) is 6.53. The van der Waals surface area contributed by atoms with E-state index in [4.69, 9.17) is 10.3 Å². The lowest BCUT2D eigenvalue weighted by molar-refractivity contribution is -0.120. The summed E-state index contributed by atoms with van der Waals surface area (Å²) in [6, 6.07) is -0.286. The van der Waals surface area contributed by atoms with E-state index in [1.807, 2.05) is 6.92 Å². The molecule has 1 unspecified atom stereocenters. The zero-order chi connectivity index (χ0) is 13.0. The van der Waals surface area contributed by atoms with Crippen LogP contribution in [0.25, 0.3) is 0 Å². The maximum Gasteiger partial charge on any atom is 0.248 e. The molecule has 1 heterocycles. The van der Waals surface area contributed by atoms with Crippen molar-refractivity contribution >= 4 is 5.91 Å². The molecular weight excluding hydrogens is 232 g/mol.